The Morgan fingerprint density at radius 3 is 2.69 bits per heavy atom. The summed E-state index contributed by atoms with van der Waals surface area (Å²) < 4.78 is 1.88. The van der Waals surface area contributed by atoms with E-state index in [1.165, 1.54) is 0 Å². The maximum Gasteiger partial charge on any atom is 0.225 e. The molecule has 1 amide bonds. The van der Waals surface area contributed by atoms with Crippen LogP contribution in [0.4, 0.5) is 0 Å². The van der Waals surface area contributed by atoms with Crippen molar-refractivity contribution in [1.82, 2.24) is 20.1 Å². The van der Waals surface area contributed by atoms with Gasteiger partial charge in [0.05, 0.1) is 41.9 Å². The maximum atomic E-state index is 12.5. The molecule has 0 saturated carbocycles. The van der Waals surface area contributed by atoms with E-state index in [1.807, 2.05) is 78.5 Å². The zero-order valence-electron chi connectivity index (χ0n) is 14.6. The van der Waals surface area contributed by atoms with E-state index in [0.717, 1.165) is 27.5 Å². The van der Waals surface area contributed by atoms with Crippen molar-refractivity contribution in [2.45, 2.75) is 20.0 Å². The van der Waals surface area contributed by atoms with Gasteiger partial charge in [0.25, 0.3) is 0 Å². The van der Waals surface area contributed by atoms with Crippen LogP contribution in [0.3, 0.4) is 0 Å². The average molecular weight is 344 g/mol. The van der Waals surface area contributed by atoms with Gasteiger partial charge in [0.1, 0.15) is 0 Å². The highest BCUT2D eigenvalue weighted by Crippen LogP contribution is 2.15. The smallest absolute Gasteiger partial charge is 0.225 e. The molecule has 0 bridgehead atoms. The Labute approximate surface area is 151 Å². The van der Waals surface area contributed by atoms with Crippen molar-refractivity contribution in [1.29, 1.82) is 0 Å². The Kier molecular flexibility index (Phi) is 4.35. The van der Waals surface area contributed by atoms with E-state index in [0.29, 0.717) is 13.1 Å². The first-order valence-corrected chi connectivity index (χ1v) is 8.73. The second-order valence-electron chi connectivity index (χ2n) is 6.50. The number of benzene rings is 2. The van der Waals surface area contributed by atoms with Gasteiger partial charge < -0.3 is 5.32 Å². The van der Waals surface area contributed by atoms with Crippen LogP contribution in [0.2, 0.25) is 0 Å². The van der Waals surface area contributed by atoms with Gasteiger partial charge in [-0.3, -0.25) is 14.5 Å². The van der Waals surface area contributed by atoms with E-state index in [4.69, 9.17) is 0 Å². The molecule has 0 saturated heterocycles. The molecule has 0 radical (unpaired) electrons. The van der Waals surface area contributed by atoms with Crippen LogP contribution in [0.25, 0.3) is 21.8 Å². The second kappa shape index (κ2) is 6.96. The van der Waals surface area contributed by atoms with Crippen LogP contribution in [0.15, 0.2) is 66.9 Å². The van der Waals surface area contributed by atoms with Crippen LogP contribution in [-0.4, -0.2) is 20.7 Å². The summed E-state index contributed by atoms with van der Waals surface area (Å²) in [4.78, 5) is 17.1. The zero-order valence-corrected chi connectivity index (χ0v) is 14.6. The Morgan fingerprint density at radius 1 is 1.04 bits per heavy atom. The number of pyridine rings is 1. The van der Waals surface area contributed by atoms with Crippen LogP contribution in [-0.2, 0) is 17.9 Å². The van der Waals surface area contributed by atoms with E-state index < -0.39 is 0 Å². The molecule has 26 heavy (non-hydrogen) atoms. The van der Waals surface area contributed by atoms with Gasteiger partial charge in [0, 0.05) is 10.8 Å². The Morgan fingerprint density at radius 2 is 1.81 bits per heavy atom. The molecule has 2 aromatic carbocycles. The molecule has 0 unspecified atom stereocenters. The highest BCUT2D eigenvalue weighted by atomic mass is 16.1. The largest absolute Gasteiger partial charge is 0.350 e. The second-order valence-corrected chi connectivity index (χ2v) is 6.50. The van der Waals surface area contributed by atoms with Gasteiger partial charge in [-0.25, -0.2) is 0 Å². The number of hydrogen-bond donors (Lipinski definition) is 1. The van der Waals surface area contributed by atoms with Crippen molar-refractivity contribution < 1.29 is 4.79 Å². The van der Waals surface area contributed by atoms with E-state index in [9.17, 15) is 4.79 Å². The standard InChI is InChI=1S/C21H20N4O/c1-15(14-25-20-9-5-3-7-17(20)12-23-25)21(26)22-13-18-11-10-16-6-2-4-8-19(16)24-18/h2-12,15H,13-14H2,1H3,(H,22,26)/t15-/m1/s1. The van der Waals surface area contributed by atoms with Crippen LogP contribution in [0, 0.1) is 5.92 Å². The molecule has 5 nitrogen and oxygen atoms in total. The minimum atomic E-state index is -0.182. The highest BCUT2D eigenvalue weighted by Gasteiger charge is 2.15. The minimum Gasteiger partial charge on any atom is -0.350 e. The van der Waals surface area contributed by atoms with Gasteiger partial charge in [-0.15, -0.1) is 0 Å². The fourth-order valence-electron chi connectivity index (χ4n) is 3.07. The number of carbonyl (C=O) groups is 1. The molecule has 2 aromatic heterocycles. The van der Waals surface area contributed by atoms with E-state index >= 15 is 0 Å². The Bertz CT molecular complexity index is 1070. The number of carbonyl (C=O) groups excluding carboxylic acids is 1. The molecule has 0 fully saturated rings. The minimum absolute atomic E-state index is 0.000426. The van der Waals surface area contributed by atoms with Crippen molar-refractivity contribution in [3.63, 3.8) is 0 Å². The molecule has 4 rings (SSSR count). The molecule has 5 heteroatoms. The first-order valence-electron chi connectivity index (χ1n) is 8.73. The van der Waals surface area contributed by atoms with Crippen molar-refractivity contribution in [3.8, 4) is 0 Å². The number of aromatic nitrogens is 3. The fraction of sp³-hybridized carbons (Fsp3) is 0.190. The normalized spacial score (nSPS) is 12.3. The van der Waals surface area contributed by atoms with Crippen LogP contribution in [0.5, 0.6) is 0 Å². The zero-order chi connectivity index (χ0) is 17.9. The lowest BCUT2D eigenvalue weighted by atomic mass is 10.1. The molecule has 0 spiro atoms. The lowest BCUT2D eigenvalue weighted by molar-refractivity contribution is -0.125. The Hall–Kier alpha value is -3.21. The predicted molar refractivity (Wildman–Crippen MR) is 102 cm³/mol. The van der Waals surface area contributed by atoms with Crippen molar-refractivity contribution >= 4 is 27.7 Å². The Balaban J connectivity index is 1.40. The van der Waals surface area contributed by atoms with Gasteiger partial charge in [-0.05, 0) is 18.2 Å². The highest BCUT2D eigenvalue weighted by molar-refractivity contribution is 5.81. The first-order chi connectivity index (χ1) is 12.7. The van der Waals surface area contributed by atoms with Crippen molar-refractivity contribution in [2.75, 3.05) is 0 Å². The SMILES string of the molecule is C[C@H](Cn1ncc2ccccc21)C(=O)NCc1ccc2ccccc2n1. The monoisotopic (exact) mass is 344 g/mol. The summed E-state index contributed by atoms with van der Waals surface area (Å²) >= 11 is 0. The maximum absolute atomic E-state index is 12.5. The third-order valence-corrected chi connectivity index (χ3v) is 4.55. The summed E-state index contributed by atoms with van der Waals surface area (Å²) in [6.07, 6.45) is 1.83. The summed E-state index contributed by atoms with van der Waals surface area (Å²) in [6, 6.07) is 20.0. The molecule has 0 aliphatic rings. The lowest BCUT2D eigenvalue weighted by Gasteiger charge is -2.13. The summed E-state index contributed by atoms with van der Waals surface area (Å²) in [5.41, 5.74) is 2.84. The van der Waals surface area contributed by atoms with E-state index in [2.05, 4.69) is 15.4 Å². The van der Waals surface area contributed by atoms with Crippen molar-refractivity contribution in [2.24, 2.45) is 5.92 Å². The third-order valence-electron chi connectivity index (χ3n) is 4.55. The quantitative estimate of drug-likeness (QED) is 0.602. The third kappa shape index (κ3) is 3.28. The van der Waals surface area contributed by atoms with E-state index in [-0.39, 0.29) is 11.8 Å². The molecular weight excluding hydrogens is 324 g/mol. The molecular formula is C21H20N4O. The van der Waals surface area contributed by atoms with Gasteiger partial charge in [-0.1, -0.05) is 49.4 Å². The summed E-state index contributed by atoms with van der Waals surface area (Å²) in [5.74, 6) is -0.182. The topological polar surface area (TPSA) is 59.8 Å². The number of rotatable bonds is 5. The van der Waals surface area contributed by atoms with Crippen molar-refractivity contribution in [3.05, 3.63) is 72.6 Å². The fourth-order valence-corrected chi connectivity index (χ4v) is 3.07. The number of fused-ring (bicyclic) bond motifs is 2. The molecule has 0 aliphatic carbocycles. The van der Waals surface area contributed by atoms with Gasteiger partial charge in [0.2, 0.25) is 5.91 Å². The molecule has 1 atom stereocenters. The molecule has 4 aromatic rings. The predicted octanol–water partition coefficient (Wildman–Crippen LogP) is 3.54. The number of para-hydroxylation sites is 2. The van der Waals surface area contributed by atoms with Crippen LogP contribution >= 0.6 is 0 Å². The summed E-state index contributed by atoms with van der Waals surface area (Å²) in [6.45, 7) is 2.89. The van der Waals surface area contributed by atoms with Gasteiger partial charge >= 0.3 is 0 Å². The van der Waals surface area contributed by atoms with Gasteiger partial charge in [-0.2, -0.15) is 5.10 Å². The van der Waals surface area contributed by atoms with Crippen LogP contribution in [0.1, 0.15) is 12.6 Å². The number of nitrogens with one attached hydrogen (secondary N) is 1. The molecule has 1 N–H and O–H groups in total. The number of hydrogen-bond acceptors (Lipinski definition) is 3. The molecule has 130 valence electrons. The van der Waals surface area contributed by atoms with E-state index in [1.54, 1.807) is 0 Å². The van der Waals surface area contributed by atoms with Gasteiger partial charge in [0.15, 0.2) is 0 Å². The summed E-state index contributed by atoms with van der Waals surface area (Å²) in [5, 5.41) is 9.56. The first kappa shape index (κ1) is 16.3. The summed E-state index contributed by atoms with van der Waals surface area (Å²) in [7, 11) is 0. The molecule has 0 aliphatic heterocycles. The van der Waals surface area contributed by atoms with Crippen LogP contribution < -0.4 is 5.32 Å². The lowest BCUT2D eigenvalue weighted by Crippen LogP contribution is -2.31. The molecule has 2 heterocycles. The number of nitrogens with zero attached hydrogens (tertiary/aromatic N) is 3. The number of amides is 1. The average Bonchev–Trinajstić information content (AvgIpc) is 3.09.